The van der Waals surface area contributed by atoms with Gasteiger partial charge in [0.2, 0.25) is 0 Å². The number of nitrogens with two attached hydrogens (primary N) is 1. The molecule has 0 bridgehead atoms. The van der Waals surface area contributed by atoms with Crippen molar-refractivity contribution in [3.63, 3.8) is 0 Å². The van der Waals surface area contributed by atoms with Crippen LogP contribution >= 0.6 is 23.2 Å². The molecule has 0 aliphatic carbocycles. The molecular formula is C12H18Cl2N2. The number of hydrogen-bond donors (Lipinski definition) is 1. The number of hydrogen-bond acceptors (Lipinski definition) is 2. The largest absolute Gasteiger partial charge is 0.329 e. The molecule has 0 aliphatic heterocycles. The van der Waals surface area contributed by atoms with Crippen molar-refractivity contribution in [1.29, 1.82) is 0 Å². The van der Waals surface area contributed by atoms with Crippen molar-refractivity contribution in [2.45, 2.75) is 25.9 Å². The maximum Gasteiger partial charge on any atom is 0.0640 e. The van der Waals surface area contributed by atoms with Crippen LogP contribution in [-0.2, 0) is 0 Å². The third-order valence-corrected chi connectivity index (χ3v) is 3.70. The third kappa shape index (κ3) is 2.89. The average Bonchev–Trinajstić information content (AvgIpc) is 2.24. The van der Waals surface area contributed by atoms with E-state index in [0.717, 1.165) is 5.56 Å². The van der Waals surface area contributed by atoms with Crippen molar-refractivity contribution < 1.29 is 0 Å². The first-order valence-electron chi connectivity index (χ1n) is 5.35. The number of benzene rings is 1. The number of halogens is 2. The molecule has 0 spiro atoms. The van der Waals surface area contributed by atoms with E-state index in [1.165, 1.54) is 0 Å². The van der Waals surface area contributed by atoms with Gasteiger partial charge >= 0.3 is 0 Å². The van der Waals surface area contributed by atoms with Gasteiger partial charge in [0.15, 0.2) is 0 Å². The van der Waals surface area contributed by atoms with Crippen molar-refractivity contribution in [2.24, 2.45) is 5.73 Å². The summed E-state index contributed by atoms with van der Waals surface area (Å²) >= 11 is 12.2. The van der Waals surface area contributed by atoms with Crippen molar-refractivity contribution in [3.05, 3.63) is 33.8 Å². The fourth-order valence-electron chi connectivity index (χ4n) is 1.65. The molecule has 4 heteroatoms. The molecule has 0 radical (unpaired) electrons. The predicted octanol–water partition coefficient (Wildman–Crippen LogP) is 3.33. The third-order valence-electron chi connectivity index (χ3n) is 2.87. The molecule has 2 nitrogen and oxygen atoms in total. The Balaban J connectivity index is 3.09. The highest BCUT2D eigenvalue weighted by molar-refractivity contribution is 6.42. The highest BCUT2D eigenvalue weighted by Crippen LogP contribution is 2.32. The summed E-state index contributed by atoms with van der Waals surface area (Å²) in [5, 5.41) is 1.18. The molecule has 0 fully saturated rings. The SMILES string of the molecule is CC(C)N(C)C(CN)c1cccc(Cl)c1Cl. The maximum atomic E-state index is 6.20. The van der Waals surface area contributed by atoms with Crippen molar-refractivity contribution in [1.82, 2.24) is 4.90 Å². The van der Waals surface area contributed by atoms with E-state index in [4.69, 9.17) is 28.9 Å². The number of nitrogens with zero attached hydrogens (tertiary/aromatic N) is 1. The zero-order valence-corrected chi connectivity index (χ0v) is 11.4. The minimum absolute atomic E-state index is 0.103. The van der Waals surface area contributed by atoms with E-state index in [9.17, 15) is 0 Å². The highest BCUT2D eigenvalue weighted by atomic mass is 35.5. The van der Waals surface area contributed by atoms with Crippen LogP contribution in [0.2, 0.25) is 10.0 Å². The molecule has 1 rings (SSSR count). The van der Waals surface area contributed by atoms with Gasteiger partial charge in [0.25, 0.3) is 0 Å². The zero-order valence-electron chi connectivity index (χ0n) is 9.87. The molecule has 0 heterocycles. The minimum atomic E-state index is 0.103. The topological polar surface area (TPSA) is 29.3 Å². The lowest BCUT2D eigenvalue weighted by molar-refractivity contribution is 0.201. The summed E-state index contributed by atoms with van der Waals surface area (Å²) in [5.74, 6) is 0. The van der Waals surface area contributed by atoms with Crippen LogP contribution in [0.15, 0.2) is 18.2 Å². The first-order chi connectivity index (χ1) is 7.49. The molecule has 0 amide bonds. The van der Waals surface area contributed by atoms with Gasteiger partial charge in [-0.25, -0.2) is 0 Å². The van der Waals surface area contributed by atoms with E-state index in [0.29, 0.717) is 22.6 Å². The summed E-state index contributed by atoms with van der Waals surface area (Å²) in [6.45, 7) is 4.77. The molecule has 0 aromatic heterocycles. The van der Waals surface area contributed by atoms with Crippen LogP contribution in [-0.4, -0.2) is 24.5 Å². The lowest BCUT2D eigenvalue weighted by atomic mass is 10.0. The summed E-state index contributed by atoms with van der Waals surface area (Å²) in [4.78, 5) is 2.19. The minimum Gasteiger partial charge on any atom is -0.329 e. The molecule has 2 N–H and O–H groups in total. The second-order valence-corrected chi connectivity index (χ2v) is 4.94. The standard InChI is InChI=1S/C12H18Cl2N2/c1-8(2)16(3)11(7-15)9-5-4-6-10(13)12(9)14/h4-6,8,11H,7,15H2,1-3H3. The van der Waals surface area contributed by atoms with Gasteiger partial charge in [-0.3, -0.25) is 4.90 Å². The molecular weight excluding hydrogens is 243 g/mol. The van der Waals surface area contributed by atoms with E-state index in [1.54, 1.807) is 6.07 Å². The van der Waals surface area contributed by atoms with Gasteiger partial charge in [0.1, 0.15) is 0 Å². The summed E-state index contributed by atoms with van der Waals surface area (Å²) in [6, 6.07) is 6.18. The second kappa shape index (κ2) is 5.87. The smallest absolute Gasteiger partial charge is 0.0640 e. The molecule has 1 aromatic rings. The lowest BCUT2D eigenvalue weighted by Crippen LogP contribution is -2.35. The highest BCUT2D eigenvalue weighted by Gasteiger charge is 2.20. The van der Waals surface area contributed by atoms with Gasteiger partial charge in [-0.05, 0) is 32.5 Å². The van der Waals surface area contributed by atoms with E-state index >= 15 is 0 Å². The van der Waals surface area contributed by atoms with E-state index in [1.807, 2.05) is 19.2 Å². The van der Waals surface area contributed by atoms with Gasteiger partial charge in [0, 0.05) is 18.6 Å². The monoisotopic (exact) mass is 260 g/mol. The predicted molar refractivity (Wildman–Crippen MR) is 71.2 cm³/mol. The van der Waals surface area contributed by atoms with E-state index < -0.39 is 0 Å². The van der Waals surface area contributed by atoms with Crippen molar-refractivity contribution in [2.75, 3.05) is 13.6 Å². The summed E-state index contributed by atoms with van der Waals surface area (Å²) in [6.07, 6.45) is 0. The molecule has 16 heavy (non-hydrogen) atoms. The Kier molecular flexibility index (Phi) is 5.06. The van der Waals surface area contributed by atoms with Crippen molar-refractivity contribution in [3.8, 4) is 0 Å². The van der Waals surface area contributed by atoms with Crippen LogP contribution in [0.3, 0.4) is 0 Å². The van der Waals surface area contributed by atoms with Crippen LogP contribution < -0.4 is 5.73 Å². The lowest BCUT2D eigenvalue weighted by Gasteiger charge is -2.31. The number of rotatable bonds is 4. The molecule has 0 saturated heterocycles. The average molecular weight is 261 g/mol. The van der Waals surface area contributed by atoms with Gasteiger partial charge < -0.3 is 5.73 Å². The Bertz CT molecular complexity index is 353. The second-order valence-electron chi connectivity index (χ2n) is 4.15. The Hall–Kier alpha value is -0.280. The van der Waals surface area contributed by atoms with Crippen LogP contribution in [0.5, 0.6) is 0 Å². The maximum absolute atomic E-state index is 6.20. The fourth-order valence-corrected chi connectivity index (χ4v) is 2.08. The summed E-state index contributed by atoms with van der Waals surface area (Å²) in [5.41, 5.74) is 6.81. The Morgan fingerprint density at radius 1 is 1.31 bits per heavy atom. The molecule has 0 saturated carbocycles. The Morgan fingerprint density at radius 2 is 1.94 bits per heavy atom. The molecule has 90 valence electrons. The van der Waals surface area contributed by atoms with E-state index in [2.05, 4.69) is 18.7 Å². The number of likely N-dealkylation sites (N-methyl/N-ethyl adjacent to an activating group) is 1. The molecule has 1 unspecified atom stereocenters. The molecule has 0 aliphatic rings. The normalized spacial score (nSPS) is 13.5. The van der Waals surface area contributed by atoms with Crippen LogP contribution in [0.1, 0.15) is 25.5 Å². The van der Waals surface area contributed by atoms with Gasteiger partial charge in [-0.15, -0.1) is 0 Å². The Morgan fingerprint density at radius 3 is 2.44 bits per heavy atom. The van der Waals surface area contributed by atoms with Gasteiger partial charge in [-0.1, -0.05) is 35.3 Å². The summed E-state index contributed by atoms with van der Waals surface area (Å²) < 4.78 is 0. The van der Waals surface area contributed by atoms with Crippen LogP contribution in [0.25, 0.3) is 0 Å². The van der Waals surface area contributed by atoms with Crippen LogP contribution in [0.4, 0.5) is 0 Å². The summed E-state index contributed by atoms with van der Waals surface area (Å²) in [7, 11) is 2.04. The van der Waals surface area contributed by atoms with Gasteiger partial charge in [0.05, 0.1) is 10.0 Å². The quantitative estimate of drug-likeness (QED) is 0.900. The molecule has 1 atom stereocenters. The molecule has 1 aromatic carbocycles. The first kappa shape index (κ1) is 13.8. The van der Waals surface area contributed by atoms with E-state index in [-0.39, 0.29) is 6.04 Å². The zero-order chi connectivity index (χ0) is 12.3. The van der Waals surface area contributed by atoms with Gasteiger partial charge in [-0.2, -0.15) is 0 Å². The first-order valence-corrected chi connectivity index (χ1v) is 6.10. The Labute approximate surface area is 107 Å². The van der Waals surface area contributed by atoms with Crippen LogP contribution in [0, 0.1) is 0 Å². The fraction of sp³-hybridized carbons (Fsp3) is 0.500. The van der Waals surface area contributed by atoms with Crippen molar-refractivity contribution >= 4 is 23.2 Å².